The number of nitrogens with zero attached hydrogens (tertiary/aromatic N) is 2. The molecule has 1 aromatic carbocycles. The maximum Gasteiger partial charge on any atom is 0.251 e. The Hall–Kier alpha value is -1.39. The molecule has 1 N–H and O–H groups in total. The van der Waals surface area contributed by atoms with Crippen molar-refractivity contribution >= 4 is 5.91 Å². The number of rotatable bonds is 7. The summed E-state index contributed by atoms with van der Waals surface area (Å²) < 4.78 is 0. The number of hydrogen-bond acceptors (Lipinski definition) is 3. The highest BCUT2D eigenvalue weighted by Gasteiger charge is 2.26. The molecular weight excluding hydrogens is 334 g/mol. The minimum atomic E-state index is 0.0642. The van der Waals surface area contributed by atoms with Gasteiger partial charge in [-0.3, -0.25) is 14.6 Å². The van der Waals surface area contributed by atoms with Crippen molar-refractivity contribution in [3.63, 3.8) is 0 Å². The fourth-order valence-corrected chi connectivity index (χ4v) is 4.46. The number of piperidine rings is 1. The molecule has 2 aliphatic heterocycles. The van der Waals surface area contributed by atoms with Gasteiger partial charge in [-0.25, -0.2) is 0 Å². The van der Waals surface area contributed by atoms with E-state index in [4.69, 9.17) is 0 Å². The van der Waals surface area contributed by atoms with E-state index in [0.29, 0.717) is 12.0 Å². The van der Waals surface area contributed by atoms with Crippen LogP contribution in [0.2, 0.25) is 0 Å². The fraction of sp³-hybridized carbons (Fsp3) is 0.696. The lowest BCUT2D eigenvalue weighted by Gasteiger charge is -2.38. The molecule has 2 heterocycles. The van der Waals surface area contributed by atoms with Crippen LogP contribution in [0.5, 0.6) is 0 Å². The Morgan fingerprint density at radius 2 is 1.85 bits per heavy atom. The summed E-state index contributed by atoms with van der Waals surface area (Å²) in [6, 6.07) is 8.60. The molecule has 1 atom stereocenters. The smallest absolute Gasteiger partial charge is 0.251 e. The molecule has 27 heavy (non-hydrogen) atoms. The van der Waals surface area contributed by atoms with Crippen molar-refractivity contribution in [2.24, 2.45) is 11.8 Å². The van der Waals surface area contributed by atoms with E-state index in [1.807, 2.05) is 12.1 Å². The van der Waals surface area contributed by atoms with E-state index in [2.05, 4.69) is 48.0 Å². The Bertz CT molecular complexity index is 601. The second kappa shape index (κ2) is 9.70. The van der Waals surface area contributed by atoms with Crippen LogP contribution in [-0.4, -0.2) is 54.5 Å². The lowest BCUT2D eigenvalue weighted by Crippen LogP contribution is -2.49. The molecule has 3 rings (SSSR count). The molecule has 4 nitrogen and oxygen atoms in total. The first-order chi connectivity index (χ1) is 13.0. The highest BCUT2D eigenvalue weighted by Crippen LogP contribution is 2.21. The van der Waals surface area contributed by atoms with Crippen LogP contribution >= 0.6 is 0 Å². The van der Waals surface area contributed by atoms with Gasteiger partial charge in [0.05, 0.1) is 0 Å². The fourth-order valence-electron chi connectivity index (χ4n) is 4.46. The van der Waals surface area contributed by atoms with Crippen LogP contribution in [0.25, 0.3) is 0 Å². The van der Waals surface area contributed by atoms with Crippen molar-refractivity contribution in [3.05, 3.63) is 35.4 Å². The second-order valence-electron chi connectivity index (χ2n) is 8.92. The summed E-state index contributed by atoms with van der Waals surface area (Å²) in [5.74, 6) is 1.44. The van der Waals surface area contributed by atoms with Gasteiger partial charge in [-0.05, 0) is 81.4 Å². The van der Waals surface area contributed by atoms with Gasteiger partial charge in [0.25, 0.3) is 5.91 Å². The standard InChI is InChI=1S/C23H37N3O/c1-18(2)22(26-13-9-19(3)10-14-26)16-24-23(27)21-8-6-7-20(15-21)17-25-11-4-5-12-25/h6-8,15,18-19,22H,4-5,9-14,16-17H2,1-3H3,(H,24,27). The largest absolute Gasteiger partial charge is 0.350 e. The quantitative estimate of drug-likeness (QED) is 0.792. The number of carbonyl (C=O) groups is 1. The van der Waals surface area contributed by atoms with E-state index >= 15 is 0 Å². The van der Waals surface area contributed by atoms with E-state index in [1.54, 1.807) is 0 Å². The molecule has 2 saturated heterocycles. The molecular formula is C23H37N3O. The molecule has 4 heteroatoms. The summed E-state index contributed by atoms with van der Waals surface area (Å²) in [4.78, 5) is 17.8. The lowest BCUT2D eigenvalue weighted by molar-refractivity contribution is 0.0863. The van der Waals surface area contributed by atoms with E-state index in [1.165, 1.54) is 44.3 Å². The number of nitrogens with one attached hydrogen (secondary N) is 1. The van der Waals surface area contributed by atoms with Gasteiger partial charge in [-0.2, -0.15) is 0 Å². The molecule has 150 valence electrons. The van der Waals surface area contributed by atoms with Crippen molar-refractivity contribution in [3.8, 4) is 0 Å². The van der Waals surface area contributed by atoms with E-state index in [0.717, 1.165) is 37.7 Å². The Morgan fingerprint density at radius 3 is 2.52 bits per heavy atom. The van der Waals surface area contributed by atoms with Crippen LogP contribution < -0.4 is 5.32 Å². The second-order valence-corrected chi connectivity index (χ2v) is 8.92. The number of likely N-dealkylation sites (tertiary alicyclic amines) is 2. The van der Waals surface area contributed by atoms with Crippen LogP contribution in [0, 0.1) is 11.8 Å². The van der Waals surface area contributed by atoms with E-state index in [9.17, 15) is 4.79 Å². The zero-order valence-electron chi connectivity index (χ0n) is 17.4. The molecule has 0 aromatic heterocycles. The number of benzene rings is 1. The van der Waals surface area contributed by atoms with E-state index < -0.39 is 0 Å². The van der Waals surface area contributed by atoms with Crippen molar-refractivity contribution in [2.45, 2.75) is 59.0 Å². The van der Waals surface area contributed by atoms with Crippen molar-refractivity contribution in [1.29, 1.82) is 0 Å². The van der Waals surface area contributed by atoms with Gasteiger partial charge in [0.15, 0.2) is 0 Å². The lowest BCUT2D eigenvalue weighted by atomic mass is 9.94. The third-order valence-electron chi connectivity index (χ3n) is 6.32. The number of carbonyl (C=O) groups excluding carboxylic acids is 1. The maximum absolute atomic E-state index is 12.8. The summed E-state index contributed by atoms with van der Waals surface area (Å²) in [7, 11) is 0. The third-order valence-corrected chi connectivity index (χ3v) is 6.32. The van der Waals surface area contributed by atoms with Crippen molar-refractivity contribution in [2.75, 3.05) is 32.7 Å². The summed E-state index contributed by atoms with van der Waals surface area (Å²) in [5.41, 5.74) is 2.04. The molecule has 0 bridgehead atoms. The van der Waals surface area contributed by atoms with Crippen LogP contribution in [0.3, 0.4) is 0 Å². The minimum absolute atomic E-state index is 0.0642. The average molecular weight is 372 g/mol. The monoisotopic (exact) mass is 371 g/mol. The first-order valence-corrected chi connectivity index (χ1v) is 10.9. The minimum Gasteiger partial charge on any atom is -0.350 e. The molecule has 0 spiro atoms. The summed E-state index contributed by atoms with van der Waals surface area (Å²) in [6.45, 7) is 13.3. The molecule has 1 amide bonds. The SMILES string of the molecule is CC1CCN(C(CNC(=O)c2cccc(CN3CCCC3)c2)C(C)C)CC1. The van der Waals surface area contributed by atoms with Crippen LogP contribution in [0.4, 0.5) is 0 Å². The third kappa shape index (κ3) is 5.79. The van der Waals surface area contributed by atoms with Crippen LogP contribution in [-0.2, 0) is 6.54 Å². The van der Waals surface area contributed by atoms with Gasteiger partial charge >= 0.3 is 0 Å². The topological polar surface area (TPSA) is 35.6 Å². The average Bonchev–Trinajstić information content (AvgIpc) is 3.16. The van der Waals surface area contributed by atoms with Gasteiger partial charge in [-0.15, -0.1) is 0 Å². The Balaban J connectivity index is 1.55. The number of hydrogen-bond donors (Lipinski definition) is 1. The molecule has 1 aromatic rings. The zero-order valence-corrected chi connectivity index (χ0v) is 17.4. The van der Waals surface area contributed by atoms with Gasteiger partial charge < -0.3 is 5.32 Å². The Morgan fingerprint density at radius 1 is 1.15 bits per heavy atom. The molecule has 0 radical (unpaired) electrons. The van der Waals surface area contributed by atoms with Crippen molar-refractivity contribution in [1.82, 2.24) is 15.1 Å². The first kappa shape index (κ1) is 20.3. The molecule has 0 saturated carbocycles. The molecule has 0 aliphatic carbocycles. The van der Waals surface area contributed by atoms with Crippen molar-refractivity contribution < 1.29 is 4.79 Å². The normalized spacial score (nSPS) is 20.9. The van der Waals surface area contributed by atoms with Crippen LogP contribution in [0.1, 0.15) is 62.4 Å². The first-order valence-electron chi connectivity index (χ1n) is 10.9. The van der Waals surface area contributed by atoms with Gasteiger partial charge in [0.1, 0.15) is 0 Å². The summed E-state index contributed by atoms with van der Waals surface area (Å²) in [5, 5.41) is 3.22. The Kier molecular flexibility index (Phi) is 7.31. The van der Waals surface area contributed by atoms with Gasteiger partial charge in [0.2, 0.25) is 0 Å². The molecule has 2 aliphatic rings. The van der Waals surface area contributed by atoms with E-state index in [-0.39, 0.29) is 5.91 Å². The molecule has 1 unspecified atom stereocenters. The Labute approximate surface area is 165 Å². The molecule has 2 fully saturated rings. The number of amides is 1. The predicted octanol–water partition coefficient (Wildman–Crippen LogP) is 3.77. The van der Waals surface area contributed by atoms with Gasteiger partial charge in [0, 0.05) is 24.7 Å². The summed E-state index contributed by atoms with van der Waals surface area (Å²) in [6.07, 6.45) is 5.14. The zero-order chi connectivity index (χ0) is 19.2. The maximum atomic E-state index is 12.8. The van der Waals surface area contributed by atoms with Crippen LogP contribution in [0.15, 0.2) is 24.3 Å². The predicted molar refractivity (Wildman–Crippen MR) is 112 cm³/mol. The van der Waals surface area contributed by atoms with Gasteiger partial charge in [-0.1, -0.05) is 32.9 Å². The summed E-state index contributed by atoms with van der Waals surface area (Å²) >= 11 is 0. The highest BCUT2D eigenvalue weighted by molar-refractivity contribution is 5.94. The highest BCUT2D eigenvalue weighted by atomic mass is 16.1.